The molecule has 1 fully saturated rings. The smallest absolute Gasteiger partial charge is 0.151 e. The molecule has 2 bridgehead atoms. The zero-order valence-electron chi connectivity index (χ0n) is 8.15. The van der Waals surface area contributed by atoms with Crippen molar-refractivity contribution in [3.8, 4) is 0 Å². The summed E-state index contributed by atoms with van der Waals surface area (Å²) in [6.45, 7) is 0. The monoisotopic (exact) mass is 186 g/mol. The molecule has 0 spiro atoms. The molecule has 1 saturated carbocycles. The summed E-state index contributed by atoms with van der Waals surface area (Å²) in [5, 5.41) is 0. The molecule has 3 atom stereocenters. The van der Waals surface area contributed by atoms with E-state index in [-0.39, 0.29) is 11.8 Å². The van der Waals surface area contributed by atoms with E-state index in [0.29, 0.717) is 11.7 Å². The maximum absolute atomic E-state index is 12.0. The Balaban J connectivity index is 2.10. The molecule has 0 heterocycles. The molecule has 0 aromatic rings. The number of rotatable bonds is 0. The summed E-state index contributed by atoms with van der Waals surface area (Å²) in [5.74, 6) is 1.25. The summed E-state index contributed by atoms with van der Waals surface area (Å²) < 4.78 is 0. The minimum atomic E-state index is 0.111. The van der Waals surface area contributed by atoms with E-state index < -0.39 is 0 Å². The van der Waals surface area contributed by atoms with Crippen LogP contribution in [0.4, 0.5) is 0 Å². The third-order valence-corrected chi connectivity index (χ3v) is 3.69. The van der Waals surface area contributed by atoms with E-state index in [2.05, 4.69) is 18.2 Å². The average molecular weight is 186 g/mol. The Labute approximate surface area is 84.2 Å². The van der Waals surface area contributed by atoms with Gasteiger partial charge in [0.15, 0.2) is 5.78 Å². The standard InChI is InChI=1S/C13H14O/c14-13-11-7-3-4-8-12(13)10-6-2-1-5-9(10)11/h3-5,7-8,10-12H,1-2,6H2/t10-,11-,12+/m0/s1. The summed E-state index contributed by atoms with van der Waals surface area (Å²) in [6.07, 6.45) is 14.1. The quantitative estimate of drug-likeness (QED) is 0.531. The number of hydrogen-bond acceptors (Lipinski definition) is 1. The normalized spacial score (nSPS) is 39.3. The van der Waals surface area contributed by atoms with Crippen LogP contribution >= 0.6 is 0 Å². The summed E-state index contributed by atoms with van der Waals surface area (Å²) in [5.41, 5.74) is 1.41. The number of carbonyl (C=O) groups is 1. The Morgan fingerprint density at radius 3 is 3.00 bits per heavy atom. The molecular weight excluding hydrogens is 172 g/mol. The van der Waals surface area contributed by atoms with Gasteiger partial charge in [0.1, 0.15) is 0 Å². The van der Waals surface area contributed by atoms with Crippen molar-refractivity contribution in [3.05, 3.63) is 36.0 Å². The molecule has 14 heavy (non-hydrogen) atoms. The van der Waals surface area contributed by atoms with E-state index in [4.69, 9.17) is 0 Å². The molecular formula is C13H14O. The van der Waals surface area contributed by atoms with Crippen LogP contribution in [0, 0.1) is 17.8 Å². The van der Waals surface area contributed by atoms with E-state index in [1.54, 1.807) is 0 Å². The predicted molar refractivity (Wildman–Crippen MR) is 55.7 cm³/mol. The van der Waals surface area contributed by atoms with Gasteiger partial charge in [-0.15, -0.1) is 0 Å². The Morgan fingerprint density at radius 1 is 1.21 bits per heavy atom. The fourth-order valence-corrected chi connectivity index (χ4v) is 3.03. The Bertz CT molecular complexity index is 359. The molecule has 0 aromatic heterocycles. The first-order valence-electron chi connectivity index (χ1n) is 5.46. The lowest BCUT2D eigenvalue weighted by Gasteiger charge is -2.21. The zero-order valence-corrected chi connectivity index (χ0v) is 8.15. The van der Waals surface area contributed by atoms with Gasteiger partial charge in [-0.2, -0.15) is 0 Å². The van der Waals surface area contributed by atoms with Gasteiger partial charge in [0.25, 0.3) is 0 Å². The van der Waals surface area contributed by atoms with Gasteiger partial charge in [-0.1, -0.05) is 36.0 Å². The van der Waals surface area contributed by atoms with Crippen LogP contribution in [0.15, 0.2) is 36.0 Å². The third-order valence-electron chi connectivity index (χ3n) is 3.69. The molecule has 3 aliphatic carbocycles. The highest BCUT2D eigenvalue weighted by Gasteiger charge is 2.44. The van der Waals surface area contributed by atoms with Gasteiger partial charge < -0.3 is 0 Å². The van der Waals surface area contributed by atoms with Gasteiger partial charge in [-0.3, -0.25) is 4.79 Å². The van der Waals surface area contributed by atoms with Crippen LogP contribution in [0.25, 0.3) is 0 Å². The average Bonchev–Trinajstić information content (AvgIpc) is 2.33. The first-order valence-corrected chi connectivity index (χ1v) is 5.46. The first kappa shape index (κ1) is 8.22. The van der Waals surface area contributed by atoms with E-state index in [1.165, 1.54) is 24.8 Å². The summed E-state index contributed by atoms with van der Waals surface area (Å²) in [7, 11) is 0. The molecule has 0 N–H and O–H groups in total. The Hall–Kier alpha value is -1.11. The molecule has 3 rings (SSSR count). The number of Topliss-reactive ketones (excluding diaryl/α,β-unsaturated/α-hetero) is 1. The number of ketones is 1. The maximum Gasteiger partial charge on any atom is 0.151 e. The van der Waals surface area contributed by atoms with Crippen molar-refractivity contribution in [2.75, 3.05) is 0 Å². The highest BCUT2D eigenvalue weighted by molar-refractivity contribution is 5.93. The van der Waals surface area contributed by atoms with Crippen molar-refractivity contribution >= 4 is 5.78 Å². The Kier molecular flexibility index (Phi) is 1.73. The minimum Gasteiger partial charge on any atom is -0.298 e. The van der Waals surface area contributed by atoms with Gasteiger partial charge in [-0.25, -0.2) is 0 Å². The molecule has 1 heteroatoms. The van der Waals surface area contributed by atoms with E-state index in [1.807, 2.05) is 12.2 Å². The van der Waals surface area contributed by atoms with Crippen LogP contribution in [-0.2, 0) is 4.79 Å². The molecule has 1 nitrogen and oxygen atoms in total. The molecule has 0 unspecified atom stereocenters. The maximum atomic E-state index is 12.0. The Morgan fingerprint density at radius 2 is 2.07 bits per heavy atom. The van der Waals surface area contributed by atoms with Crippen LogP contribution in [0.1, 0.15) is 19.3 Å². The summed E-state index contributed by atoms with van der Waals surface area (Å²) in [4.78, 5) is 12.0. The number of fused-ring (bicyclic) bond motifs is 5. The van der Waals surface area contributed by atoms with Crippen LogP contribution in [0.5, 0.6) is 0 Å². The van der Waals surface area contributed by atoms with Gasteiger partial charge in [0, 0.05) is 5.92 Å². The van der Waals surface area contributed by atoms with E-state index in [0.717, 1.165) is 0 Å². The molecule has 0 aromatic carbocycles. The van der Waals surface area contributed by atoms with Gasteiger partial charge in [0.05, 0.1) is 5.92 Å². The van der Waals surface area contributed by atoms with E-state index >= 15 is 0 Å². The van der Waals surface area contributed by atoms with Crippen molar-refractivity contribution in [1.29, 1.82) is 0 Å². The zero-order chi connectivity index (χ0) is 9.54. The van der Waals surface area contributed by atoms with Crippen LogP contribution in [0.3, 0.4) is 0 Å². The van der Waals surface area contributed by atoms with Crippen molar-refractivity contribution in [2.24, 2.45) is 17.8 Å². The predicted octanol–water partition coefficient (Wildman–Crippen LogP) is 2.65. The molecule has 72 valence electrons. The largest absolute Gasteiger partial charge is 0.298 e. The van der Waals surface area contributed by atoms with Gasteiger partial charge >= 0.3 is 0 Å². The highest BCUT2D eigenvalue weighted by Crippen LogP contribution is 2.46. The number of allylic oxidation sites excluding steroid dienone is 6. The van der Waals surface area contributed by atoms with Crippen molar-refractivity contribution in [3.63, 3.8) is 0 Å². The lowest BCUT2D eigenvalue weighted by Crippen LogP contribution is -2.14. The molecule has 0 amide bonds. The second-order valence-electron chi connectivity index (χ2n) is 4.42. The van der Waals surface area contributed by atoms with Gasteiger partial charge in [-0.05, 0) is 25.2 Å². The molecule has 0 aliphatic heterocycles. The van der Waals surface area contributed by atoms with Crippen LogP contribution < -0.4 is 0 Å². The van der Waals surface area contributed by atoms with Crippen LogP contribution in [-0.4, -0.2) is 5.78 Å². The summed E-state index contributed by atoms with van der Waals surface area (Å²) >= 11 is 0. The fraction of sp³-hybridized carbons (Fsp3) is 0.462. The van der Waals surface area contributed by atoms with Crippen LogP contribution in [0.2, 0.25) is 0 Å². The highest BCUT2D eigenvalue weighted by atomic mass is 16.1. The minimum absolute atomic E-state index is 0.111. The second-order valence-corrected chi connectivity index (χ2v) is 4.42. The fourth-order valence-electron chi connectivity index (χ4n) is 3.03. The molecule has 0 radical (unpaired) electrons. The number of hydrogen-bond donors (Lipinski definition) is 0. The summed E-state index contributed by atoms with van der Waals surface area (Å²) in [6, 6.07) is 0. The lowest BCUT2D eigenvalue weighted by molar-refractivity contribution is -0.121. The lowest BCUT2D eigenvalue weighted by atomic mass is 9.82. The molecule has 3 aliphatic rings. The van der Waals surface area contributed by atoms with Crippen molar-refractivity contribution in [2.45, 2.75) is 19.3 Å². The third kappa shape index (κ3) is 0.985. The van der Waals surface area contributed by atoms with Crippen molar-refractivity contribution in [1.82, 2.24) is 0 Å². The van der Waals surface area contributed by atoms with E-state index in [9.17, 15) is 4.79 Å². The second kappa shape index (κ2) is 2.94. The molecule has 0 saturated heterocycles. The SMILES string of the molecule is O=C1[C@H]2C=CC=C[C@@H]1[C@H]1CCCC=C21. The van der Waals surface area contributed by atoms with Gasteiger partial charge in [0.2, 0.25) is 0 Å². The topological polar surface area (TPSA) is 17.1 Å². The van der Waals surface area contributed by atoms with Crippen molar-refractivity contribution < 1.29 is 4.79 Å². The number of carbonyl (C=O) groups excluding carboxylic acids is 1. The first-order chi connectivity index (χ1) is 6.88.